The van der Waals surface area contributed by atoms with Crippen LogP contribution in [0.15, 0.2) is 16.5 Å². The first-order chi connectivity index (χ1) is 15.3. The lowest BCUT2D eigenvalue weighted by atomic mass is 10.1. The normalized spacial score (nSPS) is 28.7. The molecule has 170 valence electrons. The van der Waals surface area contributed by atoms with E-state index in [0.717, 1.165) is 29.6 Å². The molecule has 0 radical (unpaired) electrons. The second-order valence-electron chi connectivity index (χ2n) is 8.66. The number of rotatable bonds is 6. The van der Waals surface area contributed by atoms with Crippen LogP contribution in [-0.4, -0.2) is 61.2 Å². The zero-order valence-corrected chi connectivity index (χ0v) is 18.8. The maximum Gasteiger partial charge on any atom is 0.225 e. The fourth-order valence-electron chi connectivity index (χ4n) is 4.84. The Labute approximate surface area is 189 Å². The summed E-state index contributed by atoms with van der Waals surface area (Å²) in [5.74, 6) is 0.787. The number of aliphatic hydroxyl groups excluding tert-OH is 2. The quantitative estimate of drug-likeness (QED) is 0.352. The Balaban J connectivity index is 1.56. The number of aromatic nitrogens is 3. The standard InChI is InChI=1S/C22H26ClN5O4/c1-4-5-11-6-10-7-14(32-16(10)9(2)25-11)15-19(23)27-21(24-3)28-20(15)26-13-8-12-17(29)22(12,31)18(13)30/h6-7,12-13,17-18,29-31H,4-5,8H2,1-3H3,(H2,24,26,27,28). The number of aliphatic hydroxyl groups is 3. The van der Waals surface area contributed by atoms with Crippen molar-refractivity contribution in [3.63, 3.8) is 0 Å². The van der Waals surface area contributed by atoms with Crippen LogP contribution in [0.25, 0.3) is 22.3 Å². The molecule has 0 aliphatic heterocycles. The molecule has 0 aromatic carbocycles. The number of aryl methyl sites for hydroxylation is 2. The third-order valence-corrected chi connectivity index (χ3v) is 6.86. The average Bonchev–Trinajstić information content (AvgIpc) is 3.05. The van der Waals surface area contributed by atoms with Crippen LogP contribution in [-0.2, 0) is 6.42 Å². The van der Waals surface area contributed by atoms with E-state index in [-0.39, 0.29) is 11.1 Å². The summed E-state index contributed by atoms with van der Waals surface area (Å²) in [6.07, 6.45) is 0.229. The Morgan fingerprint density at radius 1 is 1.22 bits per heavy atom. The molecule has 0 amide bonds. The number of nitrogens with zero attached hydrogens (tertiary/aromatic N) is 3. The van der Waals surface area contributed by atoms with Crippen LogP contribution in [0.2, 0.25) is 5.15 Å². The molecule has 32 heavy (non-hydrogen) atoms. The number of anilines is 2. The van der Waals surface area contributed by atoms with Gasteiger partial charge in [-0.05, 0) is 31.9 Å². The van der Waals surface area contributed by atoms with Gasteiger partial charge in [0.05, 0.1) is 23.4 Å². The van der Waals surface area contributed by atoms with Gasteiger partial charge in [-0.15, -0.1) is 0 Å². The van der Waals surface area contributed by atoms with E-state index in [1.165, 1.54) is 0 Å². The molecule has 3 aromatic heterocycles. The lowest BCUT2D eigenvalue weighted by molar-refractivity contribution is -0.0262. The van der Waals surface area contributed by atoms with Gasteiger partial charge in [-0.3, -0.25) is 4.98 Å². The third kappa shape index (κ3) is 3.14. The van der Waals surface area contributed by atoms with Gasteiger partial charge in [0, 0.05) is 24.0 Å². The minimum atomic E-state index is -1.47. The molecular weight excluding hydrogens is 434 g/mol. The minimum Gasteiger partial charge on any atom is -0.454 e. The van der Waals surface area contributed by atoms with E-state index in [0.29, 0.717) is 35.1 Å². The molecule has 5 atom stereocenters. The molecule has 2 fully saturated rings. The summed E-state index contributed by atoms with van der Waals surface area (Å²) in [6.45, 7) is 4.01. The Bertz CT molecular complexity index is 1200. The third-order valence-electron chi connectivity index (χ3n) is 6.59. The molecule has 5 N–H and O–H groups in total. The first-order valence-corrected chi connectivity index (χ1v) is 11.2. The highest BCUT2D eigenvalue weighted by Gasteiger charge is 2.74. The minimum absolute atomic E-state index is 0.182. The highest BCUT2D eigenvalue weighted by Crippen LogP contribution is 2.56. The summed E-state index contributed by atoms with van der Waals surface area (Å²) in [6, 6.07) is 3.39. The fourth-order valence-corrected chi connectivity index (χ4v) is 5.11. The molecule has 2 saturated carbocycles. The Morgan fingerprint density at radius 2 is 2.00 bits per heavy atom. The molecule has 5 unspecified atom stereocenters. The molecule has 0 bridgehead atoms. The van der Waals surface area contributed by atoms with Gasteiger partial charge >= 0.3 is 0 Å². The van der Waals surface area contributed by atoms with E-state index in [4.69, 9.17) is 16.0 Å². The summed E-state index contributed by atoms with van der Waals surface area (Å²) in [4.78, 5) is 13.4. The smallest absolute Gasteiger partial charge is 0.225 e. The SMILES string of the molecule is CCCc1cc2cc(-c3c(Cl)nc(NC)nc3NC3CC4C(O)C4(O)C3O)oc2c(C)n1. The van der Waals surface area contributed by atoms with Gasteiger partial charge < -0.3 is 30.4 Å². The Morgan fingerprint density at radius 3 is 2.66 bits per heavy atom. The first-order valence-electron chi connectivity index (χ1n) is 10.8. The van der Waals surface area contributed by atoms with Crippen molar-refractivity contribution in [2.24, 2.45) is 5.92 Å². The van der Waals surface area contributed by atoms with E-state index >= 15 is 0 Å². The van der Waals surface area contributed by atoms with Gasteiger partial charge in [-0.1, -0.05) is 24.9 Å². The second-order valence-corrected chi connectivity index (χ2v) is 9.02. The monoisotopic (exact) mass is 459 g/mol. The van der Waals surface area contributed by atoms with Crippen LogP contribution >= 0.6 is 11.6 Å². The second kappa shape index (κ2) is 7.55. The summed E-state index contributed by atoms with van der Waals surface area (Å²) in [7, 11) is 1.68. The van der Waals surface area contributed by atoms with Crippen molar-refractivity contribution in [1.29, 1.82) is 0 Å². The lowest BCUT2D eigenvalue weighted by Gasteiger charge is -2.24. The van der Waals surface area contributed by atoms with E-state index in [9.17, 15) is 15.3 Å². The molecule has 5 rings (SSSR count). The van der Waals surface area contributed by atoms with Crippen molar-refractivity contribution in [2.45, 2.75) is 57.0 Å². The predicted molar refractivity (Wildman–Crippen MR) is 121 cm³/mol. The summed E-state index contributed by atoms with van der Waals surface area (Å²) in [5.41, 5.74) is 1.44. The van der Waals surface area contributed by atoms with Crippen LogP contribution in [0.4, 0.5) is 11.8 Å². The number of hydrogen-bond donors (Lipinski definition) is 5. The Kier molecular flexibility index (Phi) is 5.05. The average molecular weight is 460 g/mol. The molecular formula is C22H26ClN5O4. The zero-order chi connectivity index (χ0) is 22.8. The summed E-state index contributed by atoms with van der Waals surface area (Å²) >= 11 is 6.55. The fraction of sp³-hybridized carbons (Fsp3) is 0.500. The lowest BCUT2D eigenvalue weighted by Crippen LogP contribution is -2.42. The largest absolute Gasteiger partial charge is 0.454 e. The molecule has 2 aliphatic rings. The van der Waals surface area contributed by atoms with Crippen molar-refractivity contribution in [3.05, 3.63) is 28.7 Å². The number of fused-ring (bicyclic) bond motifs is 2. The van der Waals surface area contributed by atoms with Crippen LogP contribution < -0.4 is 10.6 Å². The predicted octanol–water partition coefficient (Wildman–Crippen LogP) is 2.51. The van der Waals surface area contributed by atoms with E-state index in [1.807, 2.05) is 19.1 Å². The maximum absolute atomic E-state index is 10.6. The van der Waals surface area contributed by atoms with Gasteiger partial charge in [0.25, 0.3) is 0 Å². The van der Waals surface area contributed by atoms with Crippen LogP contribution in [0.3, 0.4) is 0 Å². The highest BCUT2D eigenvalue weighted by molar-refractivity contribution is 6.32. The van der Waals surface area contributed by atoms with Crippen LogP contribution in [0, 0.1) is 12.8 Å². The number of furan rings is 1. The number of pyridine rings is 1. The zero-order valence-electron chi connectivity index (χ0n) is 18.1. The van der Waals surface area contributed by atoms with Crippen LogP contribution in [0.1, 0.15) is 31.2 Å². The molecule has 10 heteroatoms. The molecule has 2 aliphatic carbocycles. The van der Waals surface area contributed by atoms with Gasteiger partial charge in [-0.2, -0.15) is 4.98 Å². The number of halogens is 1. The van der Waals surface area contributed by atoms with Crippen molar-refractivity contribution >= 4 is 34.3 Å². The highest BCUT2D eigenvalue weighted by atomic mass is 35.5. The molecule has 9 nitrogen and oxygen atoms in total. The van der Waals surface area contributed by atoms with E-state index in [1.54, 1.807) is 7.05 Å². The van der Waals surface area contributed by atoms with Crippen molar-refractivity contribution in [1.82, 2.24) is 15.0 Å². The molecule has 0 spiro atoms. The molecule has 0 saturated heterocycles. The van der Waals surface area contributed by atoms with Gasteiger partial charge in [-0.25, -0.2) is 4.98 Å². The maximum atomic E-state index is 10.6. The van der Waals surface area contributed by atoms with E-state index < -0.39 is 23.9 Å². The van der Waals surface area contributed by atoms with Gasteiger partial charge in [0.2, 0.25) is 5.95 Å². The number of nitrogens with one attached hydrogen (secondary N) is 2. The van der Waals surface area contributed by atoms with Gasteiger partial charge in [0.1, 0.15) is 28.4 Å². The van der Waals surface area contributed by atoms with Crippen molar-refractivity contribution < 1.29 is 19.7 Å². The topological polar surface area (TPSA) is 137 Å². The van der Waals surface area contributed by atoms with Crippen molar-refractivity contribution in [3.8, 4) is 11.3 Å². The number of hydrogen-bond acceptors (Lipinski definition) is 9. The molecule has 3 heterocycles. The van der Waals surface area contributed by atoms with Gasteiger partial charge in [0.15, 0.2) is 5.58 Å². The van der Waals surface area contributed by atoms with Crippen LogP contribution in [0.5, 0.6) is 0 Å². The van der Waals surface area contributed by atoms with E-state index in [2.05, 4.69) is 32.5 Å². The first kappa shape index (κ1) is 21.4. The van der Waals surface area contributed by atoms with Crippen molar-refractivity contribution in [2.75, 3.05) is 17.7 Å². The molecule has 3 aromatic rings. The summed E-state index contributed by atoms with van der Waals surface area (Å²) in [5, 5.41) is 38.1. The summed E-state index contributed by atoms with van der Waals surface area (Å²) < 4.78 is 6.13. The Hall–Kier alpha value is -2.46.